The lowest BCUT2D eigenvalue weighted by atomic mass is 10.0. The summed E-state index contributed by atoms with van der Waals surface area (Å²) in [6.07, 6.45) is 0.159. The molecule has 0 N–H and O–H groups in total. The normalized spacial score (nSPS) is 12.5. The predicted octanol–water partition coefficient (Wildman–Crippen LogP) is 5.41. The van der Waals surface area contributed by atoms with Crippen molar-refractivity contribution in [3.8, 4) is 5.75 Å². The number of ether oxygens (including phenoxy) is 1. The van der Waals surface area contributed by atoms with Crippen molar-refractivity contribution in [1.82, 2.24) is 0 Å². The zero-order valence-electron chi connectivity index (χ0n) is 11.9. The number of hydrogen-bond donors (Lipinski definition) is 0. The Balaban J connectivity index is 2.20. The second kappa shape index (κ2) is 6.40. The number of benzene rings is 2. The van der Waals surface area contributed by atoms with Gasteiger partial charge in [0, 0.05) is 0 Å². The fraction of sp³-hybridized carbons (Fsp3) is 0.294. The molecule has 0 bridgehead atoms. The molecule has 0 spiro atoms. The van der Waals surface area contributed by atoms with Crippen LogP contribution in [0.2, 0.25) is 0 Å². The zero-order valence-corrected chi connectivity index (χ0v) is 13.4. The van der Waals surface area contributed by atoms with Crippen molar-refractivity contribution in [3.63, 3.8) is 0 Å². The quantitative estimate of drug-likeness (QED) is 0.678. The first-order valence-electron chi connectivity index (χ1n) is 6.64. The molecule has 0 fully saturated rings. The van der Waals surface area contributed by atoms with Crippen LogP contribution in [0, 0.1) is 12.7 Å². The van der Waals surface area contributed by atoms with Crippen LogP contribution in [0.3, 0.4) is 0 Å². The molecular weight excluding hydrogens is 319 g/mol. The van der Waals surface area contributed by atoms with Crippen LogP contribution in [0.5, 0.6) is 5.75 Å². The molecule has 2 rings (SSSR count). The van der Waals surface area contributed by atoms with Crippen LogP contribution in [0.25, 0.3) is 0 Å². The highest BCUT2D eigenvalue weighted by Crippen LogP contribution is 2.32. The van der Waals surface area contributed by atoms with E-state index < -0.39 is 0 Å². The Labute approximate surface area is 127 Å². The Hall–Kier alpha value is -1.35. The first-order chi connectivity index (χ1) is 9.47. The van der Waals surface area contributed by atoms with Gasteiger partial charge < -0.3 is 4.74 Å². The van der Waals surface area contributed by atoms with E-state index in [1.54, 1.807) is 19.1 Å². The molecule has 20 heavy (non-hydrogen) atoms. The van der Waals surface area contributed by atoms with Crippen molar-refractivity contribution < 1.29 is 9.13 Å². The van der Waals surface area contributed by atoms with E-state index >= 15 is 0 Å². The third-order valence-electron chi connectivity index (χ3n) is 3.03. The molecular formula is C17H18BrFO. The predicted molar refractivity (Wildman–Crippen MR) is 84.1 cm³/mol. The average molecular weight is 337 g/mol. The Kier molecular flexibility index (Phi) is 4.81. The molecule has 0 aliphatic carbocycles. The summed E-state index contributed by atoms with van der Waals surface area (Å²) >= 11 is 3.62. The SMILES string of the molecule is Cc1ccc(C(Br)c2ccc(OC(C)C)cc2)cc1F. The number of alkyl halides is 1. The molecule has 106 valence electrons. The zero-order chi connectivity index (χ0) is 14.7. The molecule has 1 atom stereocenters. The van der Waals surface area contributed by atoms with Gasteiger partial charge in [0.2, 0.25) is 0 Å². The van der Waals surface area contributed by atoms with Crippen LogP contribution >= 0.6 is 15.9 Å². The standard InChI is InChI=1S/C17H18BrFO/c1-11(2)20-15-8-6-13(7-9-15)17(18)14-5-4-12(3)16(19)10-14/h4-11,17H,1-3H3. The van der Waals surface area contributed by atoms with E-state index in [0.29, 0.717) is 5.56 Å². The van der Waals surface area contributed by atoms with Crippen LogP contribution in [-0.2, 0) is 0 Å². The van der Waals surface area contributed by atoms with Gasteiger partial charge in [-0.05, 0) is 55.7 Å². The van der Waals surface area contributed by atoms with Gasteiger partial charge in [0.25, 0.3) is 0 Å². The second-order valence-electron chi connectivity index (χ2n) is 5.11. The Morgan fingerprint density at radius 3 is 2.15 bits per heavy atom. The van der Waals surface area contributed by atoms with Gasteiger partial charge in [-0.3, -0.25) is 0 Å². The highest BCUT2D eigenvalue weighted by atomic mass is 79.9. The molecule has 0 aliphatic heterocycles. The molecule has 1 unspecified atom stereocenters. The number of halogens is 2. The molecule has 2 aromatic rings. The van der Waals surface area contributed by atoms with Crippen molar-refractivity contribution in [3.05, 3.63) is 65.0 Å². The lowest BCUT2D eigenvalue weighted by molar-refractivity contribution is 0.242. The van der Waals surface area contributed by atoms with E-state index in [-0.39, 0.29) is 16.7 Å². The summed E-state index contributed by atoms with van der Waals surface area (Å²) in [5.41, 5.74) is 2.64. The molecule has 2 aromatic carbocycles. The first kappa shape index (κ1) is 15.0. The molecule has 0 radical (unpaired) electrons. The second-order valence-corrected chi connectivity index (χ2v) is 6.02. The number of aryl methyl sites for hydroxylation is 1. The number of hydrogen-bond acceptors (Lipinski definition) is 1. The molecule has 0 saturated carbocycles. The maximum absolute atomic E-state index is 13.6. The maximum Gasteiger partial charge on any atom is 0.126 e. The first-order valence-corrected chi connectivity index (χ1v) is 7.55. The minimum Gasteiger partial charge on any atom is -0.491 e. The van der Waals surface area contributed by atoms with E-state index in [1.807, 2.05) is 44.2 Å². The Morgan fingerprint density at radius 1 is 1.00 bits per heavy atom. The smallest absolute Gasteiger partial charge is 0.126 e. The third-order valence-corrected chi connectivity index (χ3v) is 4.09. The third kappa shape index (κ3) is 3.60. The lowest BCUT2D eigenvalue weighted by Gasteiger charge is -2.14. The van der Waals surface area contributed by atoms with Gasteiger partial charge >= 0.3 is 0 Å². The van der Waals surface area contributed by atoms with Crippen LogP contribution in [0.15, 0.2) is 42.5 Å². The van der Waals surface area contributed by atoms with Crippen LogP contribution in [-0.4, -0.2) is 6.10 Å². The van der Waals surface area contributed by atoms with Gasteiger partial charge in [0.05, 0.1) is 10.9 Å². The summed E-state index contributed by atoms with van der Waals surface area (Å²) in [6, 6.07) is 13.2. The van der Waals surface area contributed by atoms with Gasteiger partial charge in [0.15, 0.2) is 0 Å². The summed E-state index contributed by atoms with van der Waals surface area (Å²) in [4.78, 5) is -0.0225. The summed E-state index contributed by atoms with van der Waals surface area (Å²) in [7, 11) is 0. The van der Waals surface area contributed by atoms with Crippen molar-refractivity contribution in [2.45, 2.75) is 31.7 Å². The van der Waals surface area contributed by atoms with Gasteiger partial charge in [-0.15, -0.1) is 0 Å². The highest BCUT2D eigenvalue weighted by Gasteiger charge is 2.12. The largest absolute Gasteiger partial charge is 0.491 e. The van der Waals surface area contributed by atoms with Crippen molar-refractivity contribution in [1.29, 1.82) is 0 Å². The summed E-state index contributed by atoms with van der Waals surface area (Å²) < 4.78 is 19.2. The van der Waals surface area contributed by atoms with Crippen LogP contribution < -0.4 is 4.74 Å². The molecule has 1 nitrogen and oxygen atoms in total. The molecule has 0 aliphatic rings. The van der Waals surface area contributed by atoms with Crippen molar-refractivity contribution >= 4 is 15.9 Å². The molecule has 0 aromatic heterocycles. The summed E-state index contributed by atoms with van der Waals surface area (Å²) in [5, 5.41) is 0. The van der Waals surface area contributed by atoms with Gasteiger partial charge in [-0.25, -0.2) is 4.39 Å². The van der Waals surface area contributed by atoms with E-state index in [4.69, 9.17) is 4.74 Å². The van der Waals surface area contributed by atoms with E-state index in [0.717, 1.165) is 16.9 Å². The monoisotopic (exact) mass is 336 g/mol. The van der Waals surface area contributed by atoms with Crippen molar-refractivity contribution in [2.75, 3.05) is 0 Å². The van der Waals surface area contributed by atoms with Crippen LogP contribution in [0.4, 0.5) is 4.39 Å². The molecule has 0 heterocycles. The van der Waals surface area contributed by atoms with Gasteiger partial charge in [-0.1, -0.05) is 40.2 Å². The lowest BCUT2D eigenvalue weighted by Crippen LogP contribution is -2.05. The fourth-order valence-electron chi connectivity index (χ4n) is 1.95. The van der Waals surface area contributed by atoms with E-state index in [9.17, 15) is 4.39 Å². The molecule has 0 saturated heterocycles. The average Bonchev–Trinajstić information content (AvgIpc) is 2.41. The van der Waals surface area contributed by atoms with Gasteiger partial charge in [0.1, 0.15) is 11.6 Å². The maximum atomic E-state index is 13.6. The fourth-order valence-corrected chi connectivity index (χ4v) is 2.54. The van der Waals surface area contributed by atoms with E-state index in [2.05, 4.69) is 15.9 Å². The summed E-state index contributed by atoms with van der Waals surface area (Å²) in [6.45, 7) is 5.76. The molecule has 0 amide bonds. The van der Waals surface area contributed by atoms with Crippen molar-refractivity contribution in [2.24, 2.45) is 0 Å². The highest BCUT2D eigenvalue weighted by molar-refractivity contribution is 9.09. The Morgan fingerprint density at radius 2 is 1.60 bits per heavy atom. The number of rotatable bonds is 4. The Bertz CT molecular complexity index is 578. The topological polar surface area (TPSA) is 9.23 Å². The minimum absolute atomic E-state index is 0.0225. The molecule has 3 heteroatoms. The minimum atomic E-state index is -0.174. The van der Waals surface area contributed by atoms with E-state index in [1.165, 1.54) is 0 Å². The van der Waals surface area contributed by atoms with Crippen LogP contribution in [0.1, 0.15) is 35.4 Å². The van der Waals surface area contributed by atoms with Gasteiger partial charge in [-0.2, -0.15) is 0 Å². The summed E-state index contributed by atoms with van der Waals surface area (Å²) in [5.74, 6) is 0.672.